The highest BCUT2D eigenvalue weighted by Gasteiger charge is 2.16. The van der Waals surface area contributed by atoms with Gasteiger partial charge in [-0.3, -0.25) is 9.78 Å². The molecule has 26 heavy (non-hydrogen) atoms. The number of nitrogens with two attached hydrogens (primary N) is 1. The lowest BCUT2D eigenvalue weighted by molar-refractivity contribution is -0.119. The second-order valence-electron chi connectivity index (χ2n) is 6.14. The number of aromatic nitrogens is 1. The summed E-state index contributed by atoms with van der Waals surface area (Å²) < 4.78 is 26.3. The van der Waals surface area contributed by atoms with Gasteiger partial charge in [0.05, 0.1) is 6.04 Å². The van der Waals surface area contributed by atoms with Crippen LogP contribution in [0.2, 0.25) is 0 Å². The van der Waals surface area contributed by atoms with Gasteiger partial charge in [-0.25, -0.2) is 8.78 Å². The fourth-order valence-electron chi connectivity index (χ4n) is 2.77. The van der Waals surface area contributed by atoms with Crippen LogP contribution < -0.4 is 5.73 Å². The molecule has 2 N–H and O–H groups in total. The fourth-order valence-corrected chi connectivity index (χ4v) is 2.77. The summed E-state index contributed by atoms with van der Waals surface area (Å²) >= 11 is 0. The van der Waals surface area contributed by atoms with E-state index >= 15 is 0 Å². The average Bonchev–Trinajstić information content (AvgIpc) is 2.65. The molecule has 0 aliphatic rings. The highest BCUT2D eigenvalue weighted by molar-refractivity contribution is 5.86. The van der Waals surface area contributed by atoms with Crippen molar-refractivity contribution in [2.24, 2.45) is 5.73 Å². The fraction of sp³-hybridized carbons (Fsp3) is 0.143. The van der Waals surface area contributed by atoms with Crippen LogP contribution in [0.3, 0.4) is 0 Å². The van der Waals surface area contributed by atoms with E-state index < -0.39 is 17.7 Å². The molecule has 3 rings (SSSR count). The maximum atomic E-state index is 13.3. The summed E-state index contributed by atoms with van der Waals surface area (Å²) in [5, 5.41) is 0. The van der Waals surface area contributed by atoms with E-state index in [2.05, 4.69) is 4.98 Å². The molecule has 1 aromatic heterocycles. The molecule has 0 unspecified atom stereocenters. The van der Waals surface area contributed by atoms with Crippen LogP contribution in [0.25, 0.3) is 11.1 Å². The van der Waals surface area contributed by atoms with E-state index in [-0.39, 0.29) is 18.6 Å². The van der Waals surface area contributed by atoms with Crippen molar-refractivity contribution < 1.29 is 13.6 Å². The molecule has 3 aromatic rings. The molecule has 0 bridgehead atoms. The largest absolute Gasteiger partial charge is 0.321 e. The van der Waals surface area contributed by atoms with Crippen LogP contribution in [-0.4, -0.2) is 16.8 Å². The maximum Gasteiger partial charge on any atom is 0.159 e. The predicted molar refractivity (Wildman–Crippen MR) is 96.4 cm³/mol. The van der Waals surface area contributed by atoms with Crippen molar-refractivity contribution in [3.8, 4) is 11.1 Å². The van der Waals surface area contributed by atoms with Crippen LogP contribution in [0.5, 0.6) is 0 Å². The third-order valence-corrected chi connectivity index (χ3v) is 4.17. The van der Waals surface area contributed by atoms with Crippen LogP contribution in [0.1, 0.15) is 11.1 Å². The first-order valence-electron chi connectivity index (χ1n) is 8.24. The van der Waals surface area contributed by atoms with Crippen molar-refractivity contribution in [1.29, 1.82) is 0 Å². The Morgan fingerprint density at radius 2 is 1.69 bits per heavy atom. The Kier molecular flexibility index (Phi) is 5.49. The van der Waals surface area contributed by atoms with E-state index in [9.17, 15) is 13.6 Å². The third-order valence-electron chi connectivity index (χ3n) is 4.17. The molecule has 0 spiro atoms. The van der Waals surface area contributed by atoms with Crippen LogP contribution in [0.15, 0.2) is 67.0 Å². The minimum Gasteiger partial charge on any atom is -0.321 e. The van der Waals surface area contributed by atoms with Gasteiger partial charge in [0.1, 0.15) is 0 Å². The summed E-state index contributed by atoms with van der Waals surface area (Å²) in [5.41, 5.74) is 9.31. The Bertz CT molecular complexity index is 913. The van der Waals surface area contributed by atoms with Crippen molar-refractivity contribution in [2.75, 3.05) is 0 Å². The quantitative estimate of drug-likeness (QED) is 0.736. The monoisotopic (exact) mass is 352 g/mol. The van der Waals surface area contributed by atoms with Gasteiger partial charge in [-0.15, -0.1) is 0 Å². The molecule has 0 aliphatic carbocycles. The van der Waals surface area contributed by atoms with Gasteiger partial charge in [0, 0.05) is 18.8 Å². The lowest BCUT2D eigenvalue weighted by atomic mass is 9.96. The van der Waals surface area contributed by atoms with Crippen molar-refractivity contribution in [2.45, 2.75) is 18.9 Å². The number of Topliss-reactive ketones (excluding diaryl/α,β-unsaturated/α-hetero) is 1. The highest BCUT2D eigenvalue weighted by Crippen LogP contribution is 2.20. The van der Waals surface area contributed by atoms with Gasteiger partial charge in [0.2, 0.25) is 0 Å². The molecule has 3 nitrogen and oxygen atoms in total. The first kappa shape index (κ1) is 17.9. The zero-order chi connectivity index (χ0) is 18.5. The topological polar surface area (TPSA) is 56.0 Å². The van der Waals surface area contributed by atoms with E-state index in [4.69, 9.17) is 5.73 Å². The van der Waals surface area contributed by atoms with Gasteiger partial charge in [0.25, 0.3) is 0 Å². The summed E-state index contributed by atoms with van der Waals surface area (Å²) in [6, 6.07) is 14.2. The Labute approximate surface area is 150 Å². The number of carbonyl (C=O) groups excluding carboxylic acids is 1. The number of hydrogen-bond donors (Lipinski definition) is 1. The van der Waals surface area contributed by atoms with E-state index in [1.165, 1.54) is 6.07 Å². The number of benzene rings is 2. The summed E-state index contributed by atoms with van der Waals surface area (Å²) in [6.45, 7) is 0. The zero-order valence-electron chi connectivity index (χ0n) is 14.0. The third kappa shape index (κ3) is 4.37. The normalized spacial score (nSPS) is 12.0. The minimum atomic E-state index is -0.938. The van der Waals surface area contributed by atoms with Gasteiger partial charge in [0.15, 0.2) is 17.4 Å². The summed E-state index contributed by atoms with van der Waals surface area (Å²) in [5.74, 6) is -2.00. The molecule has 2 aromatic carbocycles. The zero-order valence-corrected chi connectivity index (χ0v) is 14.0. The number of halogens is 2. The van der Waals surface area contributed by atoms with Gasteiger partial charge >= 0.3 is 0 Å². The average molecular weight is 352 g/mol. The number of ketones is 1. The van der Waals surface area contributed by atoms with Crippen molar-refractivity contribution in [1.82, 2.24) is 4.98 Å². The molecule has 0 saturated heterocycles. The molecule has 0 amide bonds. The first-order chi connectivity index (χ1) is 12.5. The van der Waals surface area contributed by atoms with Crippen LogP contribution in [0, 0.1) is 11.6 Å². The van der Waals surface area contributed by atoms with Gasteiger partial charge in [-0.2, -0.15) is 0 Å². The number of carbonyl (C=O) groups is 1. The van der Waals surface area contributed by atoms with E-state index in [1.54, 1.807) is 12.4 Å². The van der Waals surface area contributed by atoms with E-state index in [0.29, 0.717) is 5.56 Å². The van der Waals surface area contributed by atoms with Crippen LogP contribution in [0.4, 0.5) is 8.78 Å². The van der Waals surface area contributed by atoms with Crippen molar-refractivity contribution >= 4 is 5.78 Å². The van der Waals surface area contributed by atoms with E-state index in [1.807, 2.05) is 36.4 Å². The van der Waals surface area contributed by atoms with Gasteiger partial charge in [-0.1, -0.05) is 30.3 Å². The minimum absolute atomic E-state index is 0.151. The molecule has 5 heteroatoms. The van der Waals surface area contributed by atoms with Gasteiger partial charge < -0.3 is 5.73 Å². The summed E-state index contributed by atoms with van der Waals surface area (Å²) in [6.07, 6.45) is 3.78. The summed E-state index contributed by atoms with van der Waals surface area (Å²) in [4.78, 5) is 16.4. The number of hydrogen-bond acceptors (Lipinski definition) is 3. The number of nitrogens with zero attached hydrogens (tertiary/aromatic N) is 1. The smallest absolute Gasteiger partial charge is 0.159 e. The molecular formula is C21H18F2N2O. The summed E-state index contributed by atoms with van der Waals surface area (Å²) in [7, 11) is 0. The molecule has 0 fully saturated rings. The predicted octanol–water partition coefficient (Wildman–Crippen LogP) is 3.71. The van der Waals surface area contributed by atoms with Gasteiger partial charge in [-0.05, 0) is 52.9 Å². The SMILES string of the molecule is N[C@@H](Cc1ccc(F)c(F)c1)C(=O)Cc1cccc(-c2ccncc2)c1. The highest BCUT2D eigenvalue weighted by atomic mass is 19.2. The molecule has 0 radical (unpaired) electrons. The first-order valence-corrected chi connectivity index (χ1v) is 8.24. The van der Waals surface area contributed by atoms with Crippen molar-refractivity contribution in [3.63, 3.8) is 0 Å². The van der Waals surface area contributed by atoms with Crippen LogP contribution >= 0.6 is 0 Å². The second kappa shape index (κ2) is 7.97. The Hall–Kier alpha value is -2.92. The molecule has 1 atom stereocenters. The Balaban J connectivity index is 1.68. The Morgan fingerprint density at radius 3 is 2.42 bits per heavy atom. The lowest BCUT2D eigenvalue weighted by Crippen LogP contribution is -2.34. The molecule has 0 aliphatic heterocycles. The van der Waals surface area contributed by atoms with E-state index in [0.717, 1.165) is 28.8 Å². The van der Waals surface area contributed by atoms with Crippen LogP contribution in [-0.2, 0) is 17.6 Å². The molecular weight excluding hydrogens is 334 g/mol. The lowest BCUT2D eigenvalue weighted by Gasteiger charge is -2.12. The maximum absolute atomic E-state index is 13.3. The number of pyridine rings is 1. The molecule has 1 heterocycles. The Morgan fingerprint density at radius 1 is 0.923 bits per heavy atom. The number of rotatable bonds is 6. The van der Waals surface area contributed by atoms with Crippen molar-refractivity contribution in [3.05, 3.63) is 89.8 Å². The second-order valence-corrected chi connectivity index (χ2v) is 6.14. The molecule has 0 saturated carbocycles. The molecule has 132 valence electrons. The standard InChI is InChI=1S/C21H18F2N2O/c22-18-5-4-15(11-19(18)23)12-20(24)21(26)13-14-2-1-3-17(10-14)16-6-8-25-9-7-16/h1-11,20H,12-13,24H2/t20-/m0/s1.